The summed E-state index contributed by atoms with van der Waals surface area (Å²) in [4.78, 5) is 0. The smallest absolute Gasteiger partial charge is 0.0206 e. The minimum Gasteiger partial charge on any atom is -0.327 e. The van der Waals surface area contributed by atoms with Gasteiger partial charge in [-0.25, -0.2) is 0 Å². The van der Waals surface area contributed by atoms with Crippen LogP contribution < -0.4 is 5.73 Å². The Morgan fingerprint density at radius 3 is 1.81 bits per heavy atom. The van der Waals surface area contributed by atoms with Crippen LogP contribution in [-0.4, -0.2) is 6.04 Å². The summed E-state index contributed by atoms with van der Waals surface area (Å²) in [5, 5.41) is 0. The van der Waals surface area contributed by atoms with Crippen molar-refractivity contribution in [2.75, 3.05) is 0 Å². The van der Waals surface area contributed by atoms with Gasteiger partial charge in [0.1, 0.15) is 0 Å². The van der Waals surface area contributed by atoms with Gasteiger partial charge in [-0.2, -0.15) is 0 Å². The van der Waals surface area contributed by atoms with E-state index in [1.54, 1.807) is 0 Å². The molecule has 1 aliphatic rings. The van der Waals surface area contributed by atoms with Gasteiger partial charge in [-0.15, -0.1) is 12.4 Å². The van der Waals surface area contributed by atoms with Crippen LogP contribution in [0.25, 0.3) is 0 Å². The number of halogens is 1. The summed E-state index contributed by atoms with van der Waals surface area (Å²) in [6.45, 7) is 2.30. The maximum absolute atomic E-state index is 6.26. The fraction of sp³-hybridized carbons (Fsp3) is 0.368. The third kappa shape index (κ3) is 3.00. The first kappa shape index (κ1) is 16.1. The van der Waals surface area contributed by atoms with E-state index in [0.717, 1.165) is 19.3 Å². The highest BCUT2D eigenvalue weighted by Crippen LogP contribution is 2.46. The molecule has 21 heavy (non-hydrogen) atoms. The normalized spacial score (nSPS) is 24.1. The molecule has 112 valence electrons. The van der Waals surface area contributed by atoms with Crippen molar-refractivity contribution in [3.8, 4) is 0 Å². The van der Waals surface area contributed by atoms with Gasteiger partial charge in [0.25, 0.3) is 0 Å². The molecule has 1 fully saturated rings. The van der Waals surface area contributed by atoms with Gasteiger partial charge in [0.15, 0.2) is 0 Å². The highest BCUT2D eigenvalue weighted by Gasteiger charge is 2.40. The lowest BCUT2D eigenvalue weighted by Crippen LogP contribution is -2.43. The van der Waals surface area contributed by atoms with Crippen LogP contribution in [0.1, 0.15) is 37.3 Å². The number of rotatable bonds is 2. The zero-order valence-corrected chi connectivity index (χ0v) is 13.4. The highest BCUT2D eigenvalue weighted by atomic mass is 35.5. The summed E-state index contributed by atoms with van der Waals surface area (Å²) in [6, 6.07) is 22.2. The Labute approximate surface area is 134 Å². The Bertz CT molecular complexity index is 513. The van der Waals surface area contributed by atoms with E-state index in [1.165, 1.54) is 11.1 Å². The number of hydrogen-bond donors (Lipinski definition) is 1. The quantitative estimate of drug-likeness (QED) is 0.866. The van der Waals surface area contributed by atoms with Crippen molar-refractivity contribution < 1.29 is 0 Å². The zero-order valence-electron chi connectivity index (χ0n) is 12.5. The van der Waals surface area contributed by atoms with Crippen LogP contribution >= 0.6 is 12.4 Å². The Kier molecular flexibility index (Phi) is 5.08. The molecule has 1 saturated carbocycles. The second kappa shape index (κ2) is 6.64. The third-order valence-corrected chi connectivity index (χ3v) is 4.96. The van der Waals surface area contributed by atoms with Crippen molar-refractivity contribution in [3.05, 3.63) is 71.8 Å². The average Bonchev–Trinajstić information content (AvgIpc) is 2.52. The first-order valence-corrected chi connectivity index (χ1v) is 7.59. The molecule has 2 N–H and O–H groups in total. The molecule has 1 nitrogen and oxygen atoms in total. The van der Waals surface area contributed by atoms with E-state index in [9.17, 15) is 0 Å². The fourth-order valence-corrected chi connectivity index (χ4v) is 3.71. The van der Waals surface area contributed by atoms with Crippen LogP contribution in [0.3, 0.4) is 0 Å². The second-order valence-corrected chi connectivity index (χ2v) is 6.20. The van der Waals surface area contributed by atoms with Crippen molar-refractivity contribution in [2.24, 2.45) is 11.7 Å². The maximum Gasteiger partial charge on any atom is 0.0206 e. The first-order chi connectivity index (χ1) is 9.72. The van der Waals surface area contributed by atoms with Crippen LogP contribution in [0.15, 0.2) is 60.7 Å². The van der Waals surface area contributed by atoms with E-state index >= 15 is 0 Å². The van der Waals surface area contributed by atoms with Crippen LogP contribution in [0.2, 0.25) is 0 Å². The van der Waals surface area contributed by atoms with Gasteiger partial charge in [-0.1, -0.05) is 67.6 Å². The average molecular weight is 302 g/mol. The van der Waals surface area contributed by atoms with Gasteiger partial charge in [0.05, 0.1) is 0 Å². The van der Waals surface area contributed by atoms with E-state index in [4.69, 9.17) is 5.73 Å². The summed E-state index contributed by atoms with van der Waals surface area (Å²) in [7, 11) is 0. The molecule has 3 rings (SSSR count). The van der Waals surface area contributed by atoms with Crippen LogP contribution in [-0.2, 0) is 5.41 Å². The van der Waals surface area contributed by atoms with Gasteiger partial charge in [-0.3, -0.25) is 0 Å². The standard InChI is InChI=1S/C19H23N.ClH/c1-15-14-19(13-12-18(15)20,16-8-4-2-5-9-16)17-10-6-3-7-11-17;/h2-11,15,18H,12-14,20H2,1H3;1H. The van der Waals surface area contributed by atoms with Crippen molar-refractivity contribution >= 4 is 12.4 Å². The summed E-state index contributed by atoms with van der Waals surface area (Å²) >= 11 is 0. The molecule has 0 aromatic heterocycles. The molecule has 0 amide bonds. The first-order valence-electron chi connectivity index (χ1n) is 7.59. The monoisotopic (exact) mass is 301 g/mol. The molecule has 2 atom stereocenters. The minimum absolute atomic E-state index is 0. The zero-order chi connectivity index (χ0) is 14.0. The van der Waals surface area contributed by atoms with Crippen molar-refractivity contribution in [1.29, 1.82) is 0 Å². The van der Waals surface area contributed by atoms with Crippen molar-refractivity contribution in [2.45, 2.75) is 37.6 Å². The lowest BCUT2D eigenvalue weighted by Gasteiger charge is -2.43. The van der Waals surface area contributed by atoms with Crippen LogP contribution in [0.5, 0.6) is 0 Å². The van der Waals surface area contributed by atoms with E-state index in [0.29, 0.717) is 12.0 Å². The molecule has 0 spiro atoms. The summed E-state index contributed by atoms with van der Waals surface area (Å²) in [5.41, 5.74) is 9.26. The number of hydrogen-bond acceptors (Lipinski definition) is 1. The van der Waals surface area contributed by atoms with E-state index in [1.807, 2.05) is 0 Å². The molecule has 2 aromatic rings. The molecule has 0 aliphatic heterocycles. The van der Waals surface area contributed by atoms with Gasteiger partial charge < -0.3 is 5.73 Å². The minimum atomic E-state index is 0. The summed E-state index contributed by atoms with van der Waals surface area (Å²) in [6.07, 6.45) is 3.39. The maximum atomic E-state index is 6.26. The molecular formula is C19H24ClN. The Hall–Kier alpha value is -1.31. The Morgan fingerprint density at radius 2 is 1.38 bits per heavy atom. The van der Waals surface area contributed by atoms with Crippen molar-refractivity contribution in [3.63, 3.8) is 0 Å². The summed E-state index contributed by atoms with van der Waals surface area (Å²) in [5.74, 6) is 0.559. The topological polar surface area (TPSA) is 26.0 Å². The summed E-state index contributed by atoms with van der Waals surface area (Å²) < 4.78 is 0. The molecule has 0 saturated heterocycles. The van der Waals surface area contributed by atoms with Gasteiger partial charge in [0, 0.05) is 11.5 Å². The molecule has 0 radical (unpaired) electrons. The van der Waals surface area contributed by atoms with E-state index in [-0.39, 0.29) is 17.8 Å². The van der Waals surface area contributed by atoms with Crippen molar-refractivity contribution in [1.82, 2.24) is 0 Å². The fourth-order valence-electron chi connectivity index (χ4n) is 3.71. The molecule has 2 unspecified atom stereocenters. The number of benzene rings is 2. The van der Waals surface area contributed by atoms with E-state index < -0.39 is 0 Å². The molecule has 2 aromatic carbocycles. The largest absolute Gasteiger partial charge is 0.327 e. The SMILES string of the molecule is CC1CC(c2ccccc2)(c2ccccc2)CCC1N.Cl. The van der Waals surface area contributed by atoms with E-state index in [2.05, 4.69) is 67.6 Å². The van der Waals surface area contributed by atoms with Gasteiger partial charge in [0.2, 0.25) is 0 Å². The molecule has 1 aliphatic carbocycles. The molecule has 0 bridgehead atoms. The predicted octanol–water partition coefficient (Wildman–Crippen LogP) is 4.54. The Morgan fingerprint density at radius 1 is 0.905 bits per heavy atom. The van der Waals surface area contributed by atoms with Crippen LogP contribution in [0.4, 0.5) is 0 Å². The van der Waals surface area contributed by atoms with Gasteiger partial charge >= 0.3 is 0 Å². The van der Waals surface area contributed by atoms with Crippen LogP contribution in [0, 0.1) is 5.92 Å². The Balaban J connectivity index is 0.00000161. The van der Waals surface area contributed by atoms with Gasteiger partial charge in [-0.05, 0) is 36.3 Å². The number of nitrogens with two attached hydrogens (primary N) is 1. The molecular weight excluding hydrogens is 278 g/mol. The molecule has 0 heterocycles. The lowest BCUT2D eigenvalue weighted by molar-refractivity contribution is 0.239. The third-order valence-electron chi connectivity index (χ3n) is 4.96. The predicted molar refractivity (Wildman–Crippen MR) is 91.9 cm³/mol. The molecule has 2 heteroatoms. The highest BCUT2D eigenvalue weighted by molar-refractivity contribution is 5.85. The lowest BCUT2D eigenvalue weighted by atomic mass is 9.61. The second-order valence-electron chi connectivity index (χ2n) is 6.20.